The number of rotatable bonds is 7. The zero-order valence-corrected chi connectivity index (χ0v) is 22.7. The Balaban J connectivity index is 1.25. The lowest BCUT2D eigenvalue weighted by atomic mass is 10.1. The third-order valence-corrected chi connectivity index (χ3v) is 6.95. The van der Waals surface area contributed by atoms with Crippen molar-refractivity contribution < 1.29 is 18.0 Å². The summed E-state index contributed by atoms with van der Waals surface area (Å²) in [4.78, 5) is 30.6. The fraction of sp³-hybridized carbons (Fsp3) is 0.267. The molecule has 0 bridgehead atoms. The van der Waals surface area contributed by atoms with Gasteiger partial charge in [0.2, 0.25) is 5.95 Å². The predicted octanol–water partition coefficient (Wildman–Crippen LogP) is 5.61. The van der Waals surface area contributed by atoms with Crippen LogP contribution >= 0.6 is 0 Å². The minimum atomic E-state index is -4.45. The molecule has 0 unspecified atom stereocenters. The van der Waals surface area contributed by atoms with Gasteiger partial charge in [0.25, 0.3) is 5.91 Å². The van der Waals surface area contributed by atoms with Crippen molar-refractivity contribution in [3.8, 4) is 11.3 Å². The standard InChI is InChI=1S/C30H30F3N7O/c1-20-27(38-29-34-11-10-26(37-29)23-4-3-5-24(16-23)30(31,32)33)17-25(18-35-20)36-28(41)22-8-6-21(7-9-22)19-40-14-12-39(2)13-15-40/h3-11,16-18H,12-15,19H2,1-2H3,(H,36,41)(H,34,37,38). The van der Waals surface area contributed by atoms with Crippen LogP contribution in [0.5, 0.6) is 0 Å². The van der Waals surface area contributed by atoms with Crippen molar-refractivity contribution in [1.82, 2.24) is 24.8 Å². The molecule has 11 heteroatoms. The maximum Gasteiger partial charge on any atom is 0.416 e. The first-order valence-corrected chi connectivity index (χ1v) is 13.2. The lowest BCUT2D eigenvalue weighted by Gasteiger charge is -2.32. The summed E-state index contributed by atoms with van der Waals surface area (Å²) in [7, 11) is 2.13. The van der Waals surface area contributed by atoms with Crippen molar-refractivity contribution in [2.45, 2.75) is 19.6 Å². The largest absolute Gasteiger partial charge is 0.416 e. The van der Waals surface area contributed by atoms with Gasteiger partial charge in [-0.05, 0) is 55.9 Å². The Morgan fingerprint density at radius 2 is 1.73 bits per heavy atom. The number of alkyl halides is 3. The quantitative estimate of drug-likeness (QED) is 0.303. The van der Waals surface area contributed by atoms with E-state index < -0.39 is 11.7 Å². The number of amides is 1. The number of likely N-dealkylation sites (N-methyl/N-ethyl adjacent to an activating group) is 1. The highest BCUT2D eigenvalue weighted by atomic mass is 19.4. The van der Waals surface area contributed by atoms with Crippen molar-refractivity contribution in [2.24, 2.45) is 0 Å². The van der Waals surface area contributed by atoms with Gasteiger partial charge in [-0.15, -0.1) is 0 Å². The average Bonchev–Trinajstić information content (AvgIpc) is 2.96. The van der Waals surface area contributed by atoms with Crippen LogP contribution in [0, 0.1) is 6.92 Å². The number of carbonyl (C=O) groups excluding carboxylic acids is 1. The zero-order valence-electron chi connectivity index (χ0n) is 22.7. The molecule has 0 aliphatic carbocycles. The minimum absolute atomic E-state index is 0.184. The Morgan fingerprint density at radius 3 is 2.46 bits per heavy atom. The van der Waals surface area contributed by atoms with Crippen LogP contribution in [-0.4, -0.2) is 63.9 Å². The monoisotopic (exact) mass is 561 g/mol. The number of aromatic nitrogens is 3. The molecule has 1 fully saturated rings. The molecule has 0 spiro atoms. The first-order valence-electron chi connectivity index (χ1n) is 13.2. The predicted molar refractivity (Wildman–Crippen MR) is 152 cm³/mol. The van der Waals surface area contributed by atoms with Gasteiger partial charge in [-0.25, -0.2) is 9.97 Å². The summed E-state index contributed by atoms with van der Waals surface area (Å²) in [6.45, 7) is 6.78. The number of hydrogen-bond donors (Lipinski definition) is 2. The van der Waals surface area contributed by atoms with Crippen molar-refractivity contribution in [1.29, 1.82) is 0 Å². The summed E-state index contributed by atoms with van der Waals surface area (Å²) in [6.07, 6.45) is -1.43. The smallest absolute Gasteiger partial charge is 0.322 e. The number of hydrogen-bond acceptors (Lipinski definition) is 7. The number of carbonyl (C=O) groups is 1. The Morgan fingerprint density at radius 1 is 0.976 bits per heavy atom. The van der Waals surface area contributed by atoms with E-state index in [-0.39, 0.29) is 11.9 Å². The molecule has 5 rings (SSSR count). The molecule has 2 N–H and O–H groups in total. The second-order valence-corrected chi connectivity index (χ2v) is 10.1. The Hall–Kier alpha value is -4.35. The van der Waals surface area contributed by atoms with Gasteiger partial charge in [-0.1, -0.05) is 24.3 Å². The van der Waals surface area contributed by atoms with Gasteiger partial charge in [0.1, 0.15) is 0 Å². The summed E-state index contributed by atoms with van der Waals surface area (Å²) in [5.41, 5.74) is 3.22. The molecule has 2 aromatic heterocycles. The van der Waals surface area contributed by atoms with Crippen molar-refractivity contribution in [2.75, 3.05) is 43.9 Å². The van der Waals surface area contributed by atoms with Crippen LogP contribution in [0.25, 0.3) is 11.3 Å². The fourth-order valence-electron chi connectivity index (χ4n) is 4.51. The van der Waals surface area contributed by atoms with E-state index in [0.717, 1.165) is 50.4 Å². The van der Waals surface area contributed by atoms with E-state index in [9.17, 15) is 18.0 Å². The van der Waals surface area contributed by atoms with Crippen LogP contribution in [0.1, 0.15) is 27.2 Å². The first kappa shape index (κ1) is 28.2. The summed E-state index contributed by atoms with van der Waals surface area (Å²) >= 11 is 0. The van der Waals surface area contributed by atoms with Gasteiger partial charge in [-0.3, -0.25) is 14.7 Å². The van der Waals surface area contributed by atoms with Crippen molar-refractivity contribution in [3.63, 3.8) is 0 Å². The van der Waals surface area contributed by atoms with Gasteiger partial charge in [0.05, 0.1) is 34.5 Å². The lowest BCUT2D eigenvalue weighted by Crippen LogP contribution is -2.43. The van der Waals surface area contributed by atoms with E-state index in [1.165, 1.54) is 12.3 Å². The van der Waals surface area contributed by atoms with Crippen LogP contribution in [0.4, 0.5) is 30.5 Å². The molecule has 8 nitrogen and oxygen atoms in total. The van der Waals surface area contributed by atoms with Crippen molar-refractivity contribution in [3.05, 3.63) is 95.4 Å². The van der Waals surface area contributed by atoms with E-state index in [0.29, 0.717) is 33.9 Å². The van der Waals surface area contributed by atoms with Gasteiger partial charge >= 0.3 is 6.18 Å². The summed E-state index contributed by atoms with van der Waals surface area (Å²) < 4.78 is 39.5. The van der Waals surface area contributed by atoms with Gasteiger partial charge in [0.15, 0.2) is 0 Å². The van der Waals surface area contributed by atoms with Gasteiger partial charge < -0.3 is 15.5 Å². The number of halogens is 3. The Bertz CT molecular complexity index is 1520. The maximum absolute atomic E-state index is 13.2. The van der Waals surface area contributed by atoms with Crippen molar-refractivity contribution >= 4 is 23.2 Å². The molecule has 1 saturated heterocycles. The highest BCUT2D eigenvalue weighted by molar-refractivity contribution is 6.04. The fourth-order valence-corrected chi connectivity index (χ4v) is 4.51. The van der Waals surface area contributed by atoms with Crippen LogP contribution in [0.15, 0.2) is 73.1 Å². The number of piperazine rings is 1. The van der Waals surface area contributed by atoms with E-state index in [2.05, 4.69) is 42.4 Å². The third kappa shape index (κ3) is 7.24. The molecule has 1 aliphatic heterocycles. The minimum Gasteiger partial charge on any atom is -0.322 e. The normalized spacial score (nSPS) is 14.6. The van der Waals surface area contributed by atoms with Crippen LogP contribution < -0.4 is 10.6 Å². The summed E-state index contributed by atoms with van der Waals surface area (Å²) in [5, 5.41) is 5.93. The topological polar surface area (TPSA) is 86.3 Å². The molecule has 2 aromatic carbocycles. The SMILES string of the molecule is Cc1ncc(NC(=O)c2ccc(CN3CCN(C)CC3)cc2)cc1Nc1nccc(-c2cccc(C(F)(F)F)c2)n1. The molecule has 1 aliphatic rings. The molecule has 1 amide bonds. The van der Waals surface area contributed by atoms with Crippen LogP contribution in [0.3, 0.4) is 0 Å². The van der Waals surface area contributed by atoms with E-state index >= 15 is 0 Å². The molecule has 212 valence electrons. The molecule has 41 heavy (non-hydrogen) atoms. The maximum atomic E-state index is 13.2. The second kappa shape index (κ2) is 12.0. The van der Waals surface area contributed by atoms with Gasteiger partial charge in [-0.2, -0.15) is 13.2 Å². The van der Waals surface area contributed by atoms with Crippen LogP contribution in [-0.2, 0) is 12.7 Å². The number of nitrogens with one attached hydrogen (secondary N) is 2. The lowest BCUT2D eigenvalue weighted by molar-refractivity contribution is -0.137. The third-order valence-electron chi connectivity index (χ3n) is 6.95. The molecule has 0 atom stereocenters. The summed E-state index contributed by atoms with van der Waals surface area (Å²) in [6, 6.07) is 15.8. The number of nitrogens with zero attached hydrogens (tertiary/aromatic N) is 5. The zero-order chi connectivity index (χ0) is 29.0. The van der Waals surface area contributed by atoms with Crippen LogP contribution in [0.2, 0.25) is 0 Å². The van der Waals surface area contributed by atoms with E-state index in [1.807, 2.05) is 24.3 Å². The average molecular weight is 562 g/mol. The molecule has 4 aromatic rings. The molecule has 0 saturated carbocycles. The number of benzene rings is 2. The Kier molecular flexibility index (Phi) is 8.27. The van der Waals surface area contributed by atoms with Gasteiger partial charge in [0, 0.05) is 50.0 Å². The molecular weight excluding hydrogens is 531 g/mol. The number of anilines is 3. The second-order valence-electron chi connectivity index (χ2n) is 10.1. The van der Waals surface area contributed by atoms with E-state index in [1.54, 1.807) is 31.3 Å². The molecule has 3 heterocycles. The number of pyridine rings is 1. The highest BCUT2D eigenvalue weighted by Crippen LogP contribution is 2.32. The first-order chi connectivity index (χ1) is 19.6. The number of aryl methyl sites for hydroxylation is 1. The Labute approximate surface area is 236 Å². The summed E-state index contributed by atoms with van der Waals surface area (Å²) in [5.74, 6) is -0.0835. The molecule has 0 radical (unpaired) electrons. The van der Waals surface area contributed by atoms with E-state index in [4.69, 9.17) is 0 Å². The highest BCUT2D eigenvalue weighted by Gasteiger charge is 2.30. The molecular formula is C30H30F3N7O.